The Bertz CT molecular complexity index is 604. The summed E-state index contributed by atoms with van der Waals surface area (Å²) >= 11 is 6.70. The highest BCUT2D eigenvalue weighted by Crippen LogP contribution is 2.20. The number of hydrogen-bond acceptors (Lipinski definition) is 4. The lowest BCUT2D eigenvalue weighted by Crippen LogP contribution is -2.18. The zero-order valence-electron chi connectivity index (χ0n) is 11.3. The van der Waals surface area contributed by atoms with Gasteiger partial charge in [0.1, 0.15) is 4.99 Å². The summed E-state index contributed by atoms with van der Waals surface area (Å²) in [6.07, 6.45) is 0. The first-order chi connectivity index (χ1) is 8.97. The van der Waals surface area contributed by atoms with Crippen molar-refractivity contribution in [2.45, 2.75) is 20.4 Å². The Balaban J connectivity index is 2.17. The van der Waals surface area contributed by atoms with Gasteiger partial charge < -0.3 is 10.6 Å². The summed E-state index contributed by atoms with van der Waals surface area (Å²) in [7, 11) is 2.06. The molecule has 0 aliphatic rings. The quantitative estimate of drug-likeness (QED) is 0.879. The number of rotatable bonds is 4. The number of thiazole rings is 1. The molecule has 3 nitrogen and oxygen atoms in total. The molecule has 0 saturated heterocycles. The van der Waals surface area contributed by atoms with Gasteiger partial charge in [0.15, 0.2) is 0 Å². The standard InChI is InChI=1S/C14H17N3S2/c1-9-6-12(4-5-13(9)14(15)18)17(3)7-11-8-19-10(2)16-11/h4-6,8H,7H2,1-3H3,(H2,15,18). The number of aromatic nitrogens is 1. The maximum Gasteiger partial charge on any atom is 0.104 e. The highest BCUT2D eigenvalue weighted by Gasteiger charge is 2.08. The van der Waals surface area contributed by atoms with Gasteiger partial charge in [-0.15, -0.1) is 11.3 Å². The fourth-order valence-corrected chi connectivity index (χ4v) is 2.81. The first kappa shape index (κ1) is 14.0. The van der Waals surface area contributed by atoms with Crippen molar-refractivity contribution in [2.24, 2.45) is 5.73 Å². The lowest BCUT2D eigenvalue weighted by molar-refractivity contribution is 0.889. The van der Waals surface area contributed by atoms with Crippen LogP contribution in [0.1, 0.15) is 21.8 Å². The van der Waals surface area contributed by atoms with E-state index in [4.69, 9.17) is 18.0 Å². The third kappa shape index (κ3) is 3.30. The van der Waals surface area contributed by atoms with Gasteiger partial charge in [-0.05, 0) is 37.6 Å². The van der Waals surface area contributed by atoms with Gasteiger partial charge in [0.05, 0.1) is 17.2 Å². The molecule has 0 aliphatic carbocycles. The minimum atomic E-state index is 0.446. The second kappa shape index (κ2) is 5.67. The number of aryl methyl sites for hydroxylation is 2. The van der Waals surface area contributed by atoms with Gasteiger partial charge >= 0.3 is 0 Å². The molecule has 100 valence electrons. The van der Waals surface area contributed by atoms with E-state index >= 15 is 0 Å². The van der Waals surface area contributed by atoms with Crippen LogP contribution >= 0.6 is 23.6 Å². The van der Waals surface area contributed by atoms with Crippen molar-refractivity contribution in [2.75, 3.05) is 11.9 Å². The number of benzene rings is 1. The van der Waals surface area contributed by atoms with Crippen molar-refractivity contribution in [1.82, 2.24) is 4.98 Å². The van der Waals surface area contributed by atoms with Crippen LogP contribution in [0.4, 0.5) is 5.69 Å². The van der Waals surface area contributed by atoms with E-state index < -0.39 is 0 Å². The minimum absolute atomic E-state index is 0.446. The van der Waals surface area contributed by atoms with E-state index in [0.29, 0.717) is 4.99 Å². The molecular formula is C14H17N3S2. The Labute approximate surface area is 123 Å². The molecule has 0 saturated carbocycles. The van der Waals surface area contributed by atoms with E-state index in [-0.39, 0.29) is 0 Å². The van der Waals surface area contributed by atoms with Crippen LogP contribution in [-0.2, 0) is 6.54 Å². The highest BCUT2D eigenvalue weighted by molar-refractivity contribution is 7.80. The Hall–Kier alpha value is -1.46. The predicted octanol–water partition coefficient (Wildman–Crippen LogP) is 3.03. The number of nitrogens with two attached hydrogens (primary N) is 1. The van der Waals surface area contributed by atoms with Crippen LogP contribution in [-0.4, -0.2) is 17.0 Å². The normalized spacial score (nSPS) is 10.5. The predicted molar refractivity (Wildman–Crippen MR) is 86.0 cm³/mol. The molecule has 0 unspecified atom stereocenters. The third-order valence-corrected chi connectivity index (χ3v) is 4.02. The van der Waals surface area contributed by atoms with Crippen LogP contribution in [0, 0.1) is 13.8 Å². The van der Waals surface area contributed by atoms with Gasteiger partial charge in [-0.3, -0.25) is 0 Å². The molecular weight excluding hydrogens is 274 g/mol. The largest absolute Gasteiger partial charge is 0.389 e. The second-order valence-electron chi connectivity index (χ2n) is 4.58. The molecule has 0 radical (unpaired) electrons. The lowest BCUT2D eigenvalue weighted by atomic mass is 10.1. The van der Waals surface area contributed by atoms with Gasteiger partial charge in [-0.25, -0.2) is 4.98 Å². The molecule has 0 bridgehead atoms. The van der Waals surface area contributed by atoms with Crippen LogP contribution in [0.15, 0.2) is 23.6 Å². The molecule has 5 heteroatoms. The number of thiocarbonyl (C=S) groups is 1. The van der Waals surface area contributed by atoms with Gasteiger partial charge in [0, 0.05) is 23.7 Å². The smallest absolute Gasteiger partial charge is 0.104 e. The van der Waals surface area contributed by atoms with Gasteiger partial charge in [0.2, 0.25) is 0 Å². The summed E-state index contributed by atoms with van der Waals surface area (Å²) in [6, 6.07) is 6.13. The van der Waals surface area contributed by atoms with E-state index in [9.17, 15) is 0 Å². The molecule has 0 spiro atoms. The van der Waals surface area contributed by atoms with Crippen molar-refractivity contribution in [1.29, 1.82) is 0 Å². The summed E-state index contributed by atoms with van der Waals surface area (Å²) < 4.78 is 0. The van der Waals surface area contributed by atoms with Crippen molar-refractivity contribution in [3.63, 3.8) is 0 Å². The average Bonchev–Trinajstić information content (AvgIpc) is 2.74. The average molecular weight is 291 g/mol. The van der Waals surface area contributed by atoms with E-state index in [1.807, 2.05) is 26.0 Å². The second-order valence-corrected chi connectivity index (χ2v) is 6.08. The summed E-state index contributed by atoms with van der Waals surface area (Å²) in [6.45, 7) is 4.85. The maximum absolute atomic E-state index is 5.68. The zero-order valence-corrected chi connectivity index (χ0v) is 12.9. The van der Waals surface area contributed by atoms with Crippen molar-refractivity contribution >= 4 is 34.2 Å². The molecule has 0 atom stereocenters. The fraction of sp³-hybridized carbons (Fsp3) is 0.286. The summed E-state index contributed by atoms with van der Waals surface area (Å²) in [4.78, 5) is 7.10. The molecule has 0 amide bonds. The lowest BCUT2D eigenvalue weighted by Gasteiger charge is -2.19. The Morgan fingerprint density at radius 3 is 2.68 bits per heavy atom. The van der Waals surface area contributed by atoms with Crippen LogP contribution < -0.4 is 10.6 Å². The van der Waals surface area contributed by atoms with Crippen molar-refractivity contribution < 1.29 is 0 Å². The van der Waals surface area contributed by atoms with Crippen LogP contribution in [0.25, 0.3) is 0 Å². The van der Waals surface area contributed by atoms with E-state index in [2.05, 4.69) is 28.4 Å². The molecule has 0 aliphatic heterocycles. The van der Waals surface area contributed by atoms with Crippen LogP contribution in [0.5, 0.6) is 0 Å². The van der Waals surface area contributed by atoms with E-state index in [1.165, 1.54) is 0 Å². The topological polar surface area (TPSA) is 42.2 Å². The molecule has 19 heavy (non-hydrogen) atoms. The Morgan fingerprint density at radius 2 is 2.16 bits per heavy atom. The van der Waals surface area contributed by atoms with Gasteiger partial charge in [-0.2, -0.15) is 0 Å². The summed E-state index contributed by atoms with van der Waals surface area (Å²) in [5, 5.41) is 3.20. The Morgan fingerprint density at radius 1 is 1.42 bits per heavy atom. The molecule has 0 fully saturated rings. The van der Waals surface area contributed by atoms with Crippen LogP contribution in [0.3, 0.4) is 0 Å². The SMILES string of the molecule is Cc1nc(CN(C)c2ccc(C(N)=S)c(C)c2)cs1. The first-order valence-corrected chi connectivity index (χ1v) is 7.29. The number of nitrogens with zero attached hydrogens (tertiary/aromatic N) is 2. The molecule has 2 N–H and O–H groups in total. The summed E-state index contributed by atoms with van der Waals surface area (Å²) in [5.74, 6) is 0. The van der Waals surface area contributed by atoms with E-state index in [0.717, 1.165) is 34.1 Å². The first-order valence-electron chi connectivity index (χ1n) is 6.00. The number of anilines is 1. The van der Waals surface area contributed by atoms with Crippen LogP contribution in [0.2, 0.25) is 0 Å². The Kier molecular flexibility index (Phi) is 4.17. The maximum atomic E-state index is 5.68. The molecule has 2 rings (SSSR count). The third-order valence-electron chi connectivity index (χ3n) is 2.98. The molecule has 1 heterocycles. The molecule has 2 aromatic rings. The zero-order chi connectivity index (χ0) is 14.0. The molecule has 1 aromatic heterocycles. The van der Waals surface area contributed by atoms with Gasteiger partial charge in [-0.1, -0.05) is 12.2 Å². The fourth-order valence-electron chi connectivity index (χ4n) is 1.98. The highest BCUT2D eigenvalue weighted by atomic mass is 32.1. The number of hydrogen-bond donors (Lipinski definition) is 1. The monoisotopic (exact) mass is 291 g/mol. The summed E-state index contributed by atoms with van der Waals surface area (Å²) in [5.41, 5.74) is 9.96. The van der Waals surface area contributed by atoms with Gasteiger partial charge in [0.25, 0.3) is 0 Å². The van der Waals surface area contributed by atoms with Crippen molar-refractivity contribution in [3.05, 3.63) is 45.4 Å². The van der Waals surface area contributed by atoms with Crippen molar-refractivity contribution in [3.8, 4) is 0 Å². The minimum Gasteiger partial charge on any atom is -0.389 e. The molecule has 1 aromatic carbocycles. The van der Waals surface area contributed by atoms with E-state index in [1.54, 1.807) is 11.3 Å².